The van der Waals surface area contributed by atoms with Crippen LogP contribution in [0.2, 0.25) is 10.3 Å². The van der Waals surface area contributed by atoms with E-state index < -0.39 is 0 Å². The molecule has 0 radical (unpaired) electrons. The number of nitrogen functional groups attached to an aromatic ring is 1. The van der Waals surface area contributed by atoms with Gasteiger partial charge in [0.05, 0.1) is 5.69 Å². The molecule has 19 heavy (non-hydrogen) atoms. The molecule has 6 nitrogen and oxygen atoms in total. The third-order valence-electron chi connectivity index (χ3n) is 2.37. The van der Waals surface area contributed by atoms with Gasteiger partial charge in [-0.05, 0) is 24.6 Å². The van der Waals surface area contributed by atoms with E-state index in [1.807, 2.05) is 0 Å². The lowest BCUT2D eigenvalue weighted by molar-refractivity contribution is -0.116. The van der Waals surface area contributed by atoms with Gasteiger partial charge in [0.2, 0.25) is 5.91 Å². The number of amides is 1. The predicted octanol–water partition coefficient (Wildman–Crippen LogP) is 2.11. The maximum absolute atomic E-state index is 11.8. The summed E-state index contributed by atoms with van der Waals surface area (Å²) < 4.78 is 1.43. The monoisotopic (exact) mass is 299 g/mol. The molecule has 0 bridgehead atoms. The van der Waals surface area contributed by atoms with E-state index in [2.05, 4.69) is 15.4 Å². The summed E-state index contributed by atoms with van der Waals surface area (Å²) in [6.07, 6.45) is 1.61. The van der Waals surface area contributed by atoms with Crippen LogP contribution in [0.5, 0.6) is 0 Å². The van der Waals surface area contributed by atoms with Crippen molar-refractivity contribution >= 4 is 40.6 Å². The molecule has 1 amide bonds. The second-order valence-electron chi connectivity index (χ2n) is 3.91. The molecule has 0 aromatic carbocycles. The highest BCUT2D eigenvalue weighted by molar-refractivity contribution is 6.34. The van der Waals surface area contributed by atoms with Gasteiger partial charge in [0.1, 0.15) is 17.5 Å². The SMILES string of the molecule is Cc1cc(Cl)nc(Cl)c1NC(=O)Cn1ccc(N)n1. The average molecular weight is 300 g/mol. The Bertz CT molecular complexity index is 602. The van der Waals surface area contributed by atoms with E-state index in [0.29, 0.717) is 11.5 Å². The van der Waals surface area contributed by atoms with Crippen LogP contribution in [-0.4, -0.2) is 20.7 Å². The molecule has 2 rings (SSSR count). The smallest absolute Gasteiger partial charge is 0.246 e. The Morgan fingerprint density at radius 1 is 1.53 bits per heavy atom. The van der Waals surface area contributed by atoms with Gasteiger partial charge in [0.15, 0.2) is 5.15 Å². The first-order chi connectivity index (χ1) is 8.95. The average Bonchev–Trinajstić information content (AvgIpc) is 2.69. The highest BCUT2D eigenvalue weighted by atomic mass is 35.5. The summed E-state index contributed by atoms with van der Waals surface area (Å²) in [5, 5.41) is 7.01. The number of hydrogen-bond acceptors (Lipinski definition) is 4. The Hall–Kier alpha value is -1.79. The number of rotatable bonds is 3. The number of halogens is 2. The van der Waals surface area contributed by atoms with Crippen LogP contribution >= 0.6 is 23.2 Å². The van der Waals surface area contributed by atoms with Crippen molar-refractivity contribution in [3.05, 3.63) is 34.2 Å². The normalized spacial score (nSPS) is 10.5. The number of nitrogens with zero attached hydrogens (tertiary/aromatic N) is 3. The highest BCUT2D eigenvalue weighted by Crippen LogP contribution is 2.26. The minimum absolute atomic E-state index is 0.0373. The van der Waals surface area contributed by atoms with Gasteiger partial charge in [0, 0.05) is 6.20 Å². The number of aryl methyl sites for hydroxylation is 1. The van der Waals surface area contributed by atoms with Gasteiger partial charge in [-0.1, -0.05) is 23.2 Å². The van der Waals surface area contributed by atoms with E-state index in [1.165, 1.54) is 4.68 Å². The van der Waals surface area contributed by atoms with Crippen LogP contribution in [0.15, 0.2) is 18.3 Å². The third-order valence-corrected chi connectivity index (χ3v) is 2.84. The zero-order chi connectivity index (χ0) is 14.0. The first-order valence-corrected chi connectivity index (χ1v) is 6.12. The van der Waals surface area contributed by atoms with Crippen molar-refractivity contribution < 1.29 is 4.79 Å². The standard InChI is InChI=1S/C11H11Cl2N5O/c1-6-4-7(12)15-11(13)10(6)16-9(19)5-18-3-2-8(14)17-18/h2-4H,5H2,1H3,(H2,14,17)(H,16,19). The van der Waals surface area contributed by atoms with Gasteiger partial charge in [-0.2, -0.15) is 5.10 Å². The Balaban J connectivity index is 2.11. The van der Waals surface area contributed by atoms with Crippen molar-refractivity contribution in [1.82, 2.24) is 14.8 Å². The van der Waals surface area contributed by atoms with E-state index in [0.717, 1.165) is 5.56 Å². The topological polar surface area (TPSA) is 85.8 Å². The highest BCUT2D eigenvalue weighted by Gasteiger charge is 2.11. The molecule has 0 spiro atoms. The molecule has 0 aliphatic heterocycles. The molecule has 0 aliphatic rings. The molecule has 0 aliphatic carbocycles. The van der Waals surface area contributed by atoms with Gasteiger partial charge in [-0.15, -0.1) is 0 Å². The number of nitrogens with one attached hydrogen (secondary N) is 1. The zero-order valence-electron chi connectivity index (χ0n) is 10.0. The van der Waals surface area contributed by atoms with Gasteiger partial charge in [-0.25, -0.2) is 4.98 Å². The maximum atomic E-state index is 11.8. The summed E-state index contributed by atoms with van der Waals surface area (Å²) in [5.41, 5.74) is 6.64. The molecule has 0 saturated heterocycles. The number of pyridine rings is 1. The second-order valence-corrected chi connectivity index (χ2v) is 4.66. The molecule has 2 heterocycles. The van der Waals surface area contributed by atoms with Crippen molar-refractivity contribution in [3.8, 4) is 0 Å². The quantitative estimate of drug-likeness (QED) is 0.850. The van der Waals surface area contributed by atoms with Crippen LogP contribution in [0.4, 0.5) is 11.5 Å². The van der Waals surface area contributed by atoms with Crippen molar-refractivity contribution in [2.24, 2.45) is 0 Å². The van der Waals surface area contributed by atoms with Crippen LogP contribution in [0.1, 0.15) is 5.56 Å². The van der Waals surface area contributed by atoms with Crippen molar-refractivity contribution in [2.75, 3.05) is 11.1 Å². The third kappa shape index (κ3) is 3.36. The fraction of sp³-hybridized carbons (Fsp3) is 0.182. The maximum Gasteiger partial charge on any atom is 0.246 e. The molecule has 2 aromatic rings. The minimum Gasteiger partial charge on any atom is -0.382 e. The van der Waals surface area contributed by atoms with Crippen molar-refractivity contribution in [1.29, 1.82) is 0 Å². The summed E-state index contributed by atoms with van der Waals surface area (Å²) in [5.74, 6) is 0.0763. The van der Waals surface area contributed by atoms with E-state index in [4.69, 9.17) is 28.9 Å². The van der Waals surface area contributed by atoms with E-state index >= 15 is 0 Å². The lowest BCUT2D eigenvalue weighted by Crippen LogP contribution is -2.20. The molecule has 0 atom stereocenters. The molecule has 8 heteroatoms. The molecule has 0 fully saturated rings. The fourth-order valence-corrected chi connectivity index (χ4v) is 2.12. The zero-order valence-corrected chi connectivity index (χ0v) is 11.5. The summed E-state index contributed by atoms with van der Waals surface area (Å²) in [6.45, 7) is 1.82. The molecule has 0 unspecified atom stereocenters. The van der Waals surface area contributed by atoms with E-state index in [-0.39, 0.29) is 22.8 Å². The number of carbonyl (C=O) groups is 1. The molecule has 3 N–H and O–H groups in total. The largest absolute Gasteiger partial charge is 0.382 e. The molecular formula is C11H11Cl2N5O. The predicted molar refractivity (Wildman–Crippen MR) is 74.3 cm³/mol. The lowest BCUT2D eigenvalue weighted by Gasteiger charge is -2.10. The van der Waals surface area contributed by atoms with Crippen molar-refractivity contribution in [3.63, 3.8) is 0 Å². The Kier molecular flexibility index (Phi) is 3.92. The molecule has 0 saturated carbocycles. The van der Waals surface area contributed by atoms with Crippen LogP contribution in [0.25, 0.3) is 0 Å². The fourth-order valence-electron chi connectivity index (χ4n) is 1.54. The van der Waals surface area contributed by atoms with Crippen molar-refractivity contribution in [2.45, 2.75) is 13.5 Å². The first-order valence-electron chi connectivity index (χ1n) is 5.37. The Labute approximate surface area is 119 Å². The lowest BCUT2D eigenvalue weighted by atomic mass is 10.2. The Morgan fingerprint density at radius 3 is 2.84 bits per heavy atom. The molecule has 100 valence electrons. The Morgan fingerprint density at radius 2 is 2.26 bits per heavy atom. The first kappa shape index (κ1) is 13.6. The summed E-state index contributed by atoms with van der Waals surface area (Å²) in [6, 6.07) is 3.23. The van der Waals surface area contributed by atoms with Gasteiger partial charge in [-0.3, -0.25) is 9.48 Å². The van der Waals surface area contributed by atoms with Crippen LogP contribution in [0, 0.1) is 6.92 Å². The number of hydrogen-bond donors (Lipinski definition) is 2. The van der Waals surface area contributed by atoms with Gasteiger partial charge < -0.3 is 11.1 Å². The summed E-state index contributed by atoms with van der Waals surface area (Å²) >= 11 is 11.7. The molecule has 2 aromatic heterocycles. The van der Waals surface area contributed by atoms with E-state index in [9.17, 15) is 4.79 Å². The van der Waals surface area contributed by atoms with Gasteiger partial charge in [0.25, 0.3) is 0 Å². The summed E-state index contributed by atoms with van der Waals surface area (Å²) in [7, 11) is 0. The van der Waals surface area contributed by atoms with E-state index in [1.54, 1.807) is 25.3 Å². The summed E-state index contributed by atoms with van der Waals surface area (Å²) in [4.78, 5) is 15.7. The number of anilines is 2. The molecular weight excluding hydrogens is 289 g/mol. The minimum atomic E-state index is -0.280. The van der Waals surface area contributed by atoms with Crippen LogP contribution < -0.4 is 11.1 Å². The van der Waals surface area contributed by atoms with Gasteiger partial charge >= 0.3 is 0 Å². The number of aromatic nitrogens is 3. The number of carbonyl (C=O) groups excluding carboxylic acids is 1. The van der Waals surface area contributed by atoms with Crippen LogP contribution in [0.3, 0.4) is 0 Å². The van der Waals surface area contributed by atoms with Crippen LogP contribution in [-0.2, 0) is 11.3 Å². The second kappa shape index (κ2) is 5.46. The number of nitrogens with two attached hydrogens (primary N) is 1.